The number of fused-ring (bicyclic) bond motifs is 1. The van der Waals surface area contributed by atoms with Crippen LogP contribution in [-0.2, 0) is 0 Å². The predicted octanol–water partition coefficient (Wildman–Crippen LogP) is 0.392. The molecule has 0 spiro atoms. The molecule has 0 radical (unpaired) electrons. The molecular weight excluding hydrogens is 88.1 g/mol. The Kier molecular flexibility index (Phi) is 0.470. The summed E-state index contributed by atoms with van der Waals surface area (Å²) >= 11 is 0. The van der Waals surface area contributed by atoms with Crippen LogP contribution in [-0.4, -0.2) is 22.9 Å². The Morgan fingerprint density at radius 2 is 2.43 bits per heavy atom. The van der Waals surface area contributed by atoms with E-state index in [9.17, 15) is 0 Å². The van der Waals surface area contributed by atoms with Crippen molar-refractivity contribution in [1.29, 1.82) is 0 Å². The van der Waals surface area contributed by atoms with Crippen molar-refractivity contribution in [3.8, 4) is 0 Å². The Labute approximate surface area is 43.0 Å². The summed E-state index contributed by atoms with van der Waals surface area (Å²) in [6.07, 6.45) is 3.87. The van der Waals surface area contributed by atoms with Gasteiger partial charge in [0.25, 0.3) is 0 Å². The van der Waals surface area contributed by atoms with Gasteiger partial charge in [-0.25, -0.2) is 10.0 Å². The molecule has 7 heavy (non-hydrogen) atoms. The molecule has 0 amide bonds. The third kappa shape index (κ3) is 0.353. The van der Waals surface area contributed by atoms with E-state index in [1.54, 1.807) is 0 Å². The van der Waals surface area contributed by atoms with Gasteiger partial charge in [0, 0.05) is 0 Å². The Morgan fingerprint density at radius 1 is 1.71 bits per heavy atom. The van der Waals surface area contributed by atoms with Crippen LogP contribution in [0.4, 0.5) is 0 Å². The maximum atomic E-state index is 3.64. The number of hydrogen-bond donors (Lipinski definition) is 0. The van der Waals surface area contributed by atoms with Gasteiger partial charge in [0.2, 0.25) is 0 Å². The number of nitrogens with zero attached hydrogens (tertiary/aromatic N) is 2. The van der Waals surface area contributed by atoms with Crippen molar-refractivity contribution in [2.45, 2.75) is 12.6 Å². The van der Waals surface area contributed by atoms with Crippen molar-refractivity contribution in [1.82, 2.24) is 10.0 Å². The highest BCUT2D eigenvalue weighted by atomic mass is 16.0. The molecule has 2 heteroatoms. The quantitative estimate of drug-likeness (QED) is 0.362. The van der Waals surface area contributed by atoms with E-state index in [2.05, 4.69) is 16.6 Å². The summed E-state index contributed by atoms with van der Waals surface area (Å²) in [5.74, 6) is 0. The van der Waals surface area contributed by atoms with E-state index in [0.717, 1.165) is 12.6 Å². The average molecular weight is 96.1 g/mol. The highest BCUT2D eigenvalue weighted by Crippen LogP contribution is 2.42. The summed E-state index contributed by atoms with van der Waals surface area (Å²) in [6.45, 7) is 4.85. The molecule has 2 atom stereocenters. The van der Waals surface area contributed by atoms with Crippen LogP contribution < -0.4 is 0 Å². The molecule has 2 aliphatic rings. The lowest BCUT2D eigenvalue weighted by molar-refractivity contribution is 0.586. The molecule has 2 aliphatic heterocycles. The van der Waals surface area contributed by atoms with Crippen molar-refractivity contribution in [2.24, 2.45) is 0 Å². The molecule has 0 N–H and O–H groups in total. The van der Waals surface area contributed by atoms with E-state index in [-0.39, 0.29) is 0 Å². The minimum Gasteiger partial charge on any atom is -0.204 e. The summed E-state index contributed by atoms with van der Waals surface area (Å²) in [5, 5.41) is 4.61. The fraction of sp³-hybridized carbons (Fsp3) is 0.600. The smallest absolute Gasteiger partial charge is 0.0960 e. The van der Waals surface area contributed by atoms with Crippen LogP contribution in [0.2, 0.25) is 0 Å². The van der Waals surface area contributed by atoms with Crippen LogP contribution in [0.5, 0.6) is 0 Å². The molecule has 0 bridgehead atoms. The van der Waals surface area contributed by atoms with Crippen molar-refractivity contribution < 1.29 is 0 Å². The van der Waals surface area contributed by atoms with Gasteiger partial charge in [-0.05, 0) is 6.42 Å². The lowest BCUT2D eigenvalue weighted by Gasteiger charge is -1.90. The Hall–Kier alpha value is -0.340. The molecule has 38 valence electrons. The normalized spacial score (nSPS) is 52.9. The summed E-state index contributed by atoms with van der Waals surface area (Å²) in [5.41, 5.74) is 0. The SMILES string of the molecule is C=CCC1N2CN12. The van der Waals surface area contributed by atoms with Gasteiger partial charge in [0.15, 0.2) is 0 Å². The van der Waals surface area contributed by atoms with Crippen molar-refractivity contribution in [2.75, 3.05) is 6.67 Å². The molecule has 2 saturated heterocycles. The van der Waals surface area contributed by atoms with Crippen LogP contribution in [0.1, 0.15) is 6.42 Å². The molecule has 2 nitrogen and oxygen atoms in total. The van der Waals surface area contributed by atoms with Crippen molar-refractivity contribution in [3.63, 3.8) is 0 Å². The van der Waals surface area contributed by atoms with Crippen LogP contribution in [0.25, 0.3) is 0 Å². The second-order valence-electron chi connectivity index (χ2n) is 2.03. The first-order chi connectivity index (χ1) is 3.43. The number of hydrazine groups is 1. The molecular formula is C5H8N2. The van der Waals surface area contributed by atoms with Crippen LogP contribution >= 0.6 is 0 Å². The Bertz CT molecular complexity index is 103. The lowest BCUT2D eigenvalue weighted by atomic mass is 10.4. The zero-order valence-electron chi connectivity index (χ0n) is 4.17. The van der Waals surface area contributed by atoms with Gasteiger partial charge < -0.3 is 0 Å². The molecule has 0 aromatic carbocycles. The average Bonchev–Trinajstić information content (AvgIpc) is 2.41. The van der Waals surface area contributed by atoms with Gasteiger partial charge in [-0.2, -0.15) is 0 Å². The first-order valence-corrected chi connectivity index (χ1v) is 2.57. The van der Waals surface area contributed by atoms with Crippen molar-refractivity contribution in [3.05, 3.63) is 12.7 Å². The molecule has 0 aliphatic carbocycles. The topological polar surface area (TPSA) is 6.02 Å². The van der Waals surface area contributed by atoms with Crippen LogP contribution in [0.3, 0.4) is 0 Å². The molecule has 0 saturated carbocycles. The van der Waals surface area contributed by atoms with Crippen LogP contribution in [0.15, 0.2) is 12.7 Å². The zero-order chi connectivity index (χ0) is 4.85. The van der Waals surface area contributed by atoms with Gasteiger partial charge in [0.05, 0.1) is 12.8 Å². The van der Waals surface area contributed by atoms with Gasteiger partial charge in [-0.3, -0.25) is 0 Å². The highest BCUT2D eigenvalue weighted by molar-refractivity contribution is 4.98. The number of rotatable bonds is 2. The van der Waals surface area contributed by atoms with E-state index in [4.69, 9.17) is 0 Å². The van der Waals surface area contributed by atoms with Gasteiger partial charge in [0.1, 0.15) is 0 Å². The highest BCUT2D eigenvalue weighted by Gasteiger charge is 2.58. The first kappa shape index (κ1) is 3.64. The lowest BCUT2D eigenvalue weighted by Crippen LogP contribution is -2.03. The zero-order valence-corrected chi connectivity index (χ0v) is 4.17. The minimum atomic E-state index is 0.762. The number of hydrogen-bond acceptors (Lipinski definition) is 2. The molecule has 2 heterocycles. The molecule has 2 fully saturated rings. The van der Waals surface area contributed by atoms with E-state index < -0.39 is 0 Å². The fourth-order valence-corrected chi connectivity index (χ4v) is 0.898. The second-order valence-corrected chi connectivity index (χ2v) is 2.03. The van der Waals surface area contributed by atoms with E-state index in [1.165, 1.54) is 6.67 Å². The largest absolute Gasteiger partial charge is 0.204 e. The maximum Gasteiger partial charge on any atom is 0.0960 e. The van der Waals surface area contributed by atoms with E-state index in [0.29, 0.717) is 0 Å². The predicted molar refractivity (Wildman–Crippen MR) is 27.1 cm³/mol. The molecule has 2 unspecified atom stereocenters. The first-order valence-electron chi connectivity index (χ1n) is 2.57. The summed E-state index contributed by atoms with van der Waals surface area (Å²) in [7, 11) is 0. The minimum absolute atomic E-state index is 0.762. The summed E-state index contributed by atoms with van der Waals surface area (Å²) in [4.78, 5) is 0. The third-order valence-electron chi connectivity index (χ3n) is 1.55. The van der Waals surface area contributed by atoms with E-state index in [1.807, 2.05) is 6.08 Å². The van der Waals surface area contributed by atoms with Gasteiger partial charge >= 0.3 is 0 Å². The Morgan fingerprint density at radius 3 is 2.57 bits per heavy atom. The standard InChI is InChI=1S/C5H8N2/c1-2-3-5-6-4-7(5)6/h2,5H,1,3-4H2. The van der Waals surface area contributed by atoms with Gasteiger partial charge in [-0.15, -0.1) is 6.58 Å². The fourth-order valence-electron chi connectivity index (χ4n) is 0.898. The maximum absolute atomic E-state index is 3.64. The summed E-state index contributed by atoms with van der Waals surface area (Å²) < 4.78 is 0. The summed E-state index contributed by atoms with van der Waals surface area (Å²) in [6, 6.07) is 0. The van der Waals surface area contributed by atoms with E-state index >= 15 is 0 Å². The van der Waals surface area contributed by atoms with Crippen LogP contribution in [0, 0.1) is 0 Å². The van der Waals surface area contributed by atoms with Gasteiger partial charge in [-0.1, -0.05) is 6.08 Å². The molecule has 0 aromatic rings. The second kappa shape index (κ2) is 0.904. The molecule has 0 aromatic heterocycles. The molecule has 2 rings (SSSR count). The van der Waals surface area contributed by atoms with Crippen molar-refractivity contribution >= 4 is 0 Å². The Balaban J connectivity index is 1.81. The third-order valence-corrected chi connectivity index (χ3v) is 1.55. The monoisotopic (exact) mass is 96.1 g/mol.